The van der Waals surface area contributed by atoms with E-state index in [-0.39, 0.29) is 0 Å². The molecule has 0 fully saturated rings. The summed E-state index contributed by atoms with van der Waals surface area (Å²) in [6.45, 7) is 0. The molecule has 0 atom stereocenters. The Bertz CT molecular complexity index is 2830. The first-order valence-corrected chi connectivity index (χ1v) is 17.0. The number of aromatic nitrogens is 5. The zero-order valence-electron chi connectivity index (χ0n) is 26.1. The molecule has 3 aromatic heterocycles. The number of hydrogen-bond donors (Lipinski definition) is 0. The molecule has 3 heterocycles. The van der Waals surface area contributed by atoms with E-state index in [1.165, 1.54) is 21.5 Å². The van der Waals surface area contributed by atoms with Gasteiger partial charge in [0.25, 0.3) is 0 Å². The van der Waals surface area contributed by atoms with E-state index in [0.717, 1.165) is 54.1 Å². The van der Waals surface area contributed by atoms with E-state index in [4.69, 9.17) is 15.0 Å². The van der Waals surface area contributed by atoms with Crippen molar-refractivity contribution in [1.82, 2.24) is 24.1 Å². The SMILES string of the molecule is Brc1cc2c3ccccc3n(-c3nc(-c4ccccc4)nc(-c4ccccc4)n3)c2cc1-n1c2ccccc2c2c3ccccc3ccc21. The minimum Gasteiger partial charge on any atom is -0.308 e. The third-order valence-electron chi connectivity index (χ3n) is 9.43. The molecule has 0 spiro atoms. The number of fused-ring (bicyclic) bond motifs is 8. The average molecular weight is 693 g/mol. The summed E-state index contributed by atoms with van der Waals surface area (Å²) >= 11 is 4.02. The molecule has 0 aliphatic rings. The van der Waals surface area contributed by atoms with Crippen molar-refractivity contribution in [2.75, 3.05) is 0 Å². The molecule has 0 aliphatic heterocycles. The van der Waals surface area contributed by atoms with Crippen molar-refractivity contribution in [3.8, 4) is 34.4 Å². The fourth-order valence-electron chi connectivity index (χ4n) is 7.26. The molecule has 0 bridgehead atoms. The molecular weight excluding hydrogens is 666 g/mol. The van der Waals surface area contributed by atoms with Gasteiger partial charge in [-0.15, -0.1) is 0 Å². The van der Waals surface area contributed by atoms with E-state index in [9.17, 15) is 0 Å². The Morgan fingerprint density at radius 2 is 0.980 bits per heavy atom. The molecule has 5 nitrogen and oxygen atoms in total. The third kappa shape index (κ3) is 4.34. The summed E-state index contributed by atoms with van der Waals surface area (Å²) < 4.78 is 5.56. The van der Waals surface area contributed by atoms with Crippen LogP contribution in [0.5, 0.6) is 0 Å². The van der Waals surface area contributed by atoms with Crippen molar-refractivity contribution >= 4 is 70.3 Å². The van der Waals surface area contributed by atoms with Crippen molar-refractivity contribution < 1.29 is 0 Å². The van der Waals surface area contributed by atoms with Crippen molar-refractivity contribution in [2.24, 2.45) is 0 Å². The number of hydrogen-bond acceptors (Lipinski definition) is 3. The maximum Gasteiger partial charge on any atom is 0.238 e. The molecule has 0 N–H and O–H groups in total. The van der Waals surface area contributed by atoms with Gasteiger partial charge in [0.1, 0.15) is 0 Å². The molecule has 230 valence electrons. The van der Waals surface area contributed by atoms with Gasteiger partial charge in [-0.05, 0) is 57.0 Å². The van der Waals surface area contributed by atoms with Crippen LogP contribution in [-0.2, 0) is 0 Å². The number of benzene rings is 7. The molecule has 0 radical (unpaired) electrons. The Labute approximate surface area is 289 Å². The fourth-order valence-corrected chi connectivity index (χ4v) is 7.78. The van der Waals surface area contributed by atoms with E-state index in [0.29, 0.717) is 17.6 Å². The average Bonchev–Trinajstić information content (AvgIpc) is 3.67. The van der Waals surface area contributed by atoms with Gasteiger partial charge in [-0.1, -0.05) is 127 Å². The van der Waals surface area contributed by atoms with Crippen LogP contribution in [0.4, 0.5) is 0 Å². The molecule has 0 saturated heterocycles. The van der Waals surface area contributed by atoms with Crippen LogP contribution in [-0.4, -0.2) is 24.1 Å². The van der Waals surface area contributed by atoms with Crippen LogP contribution in [0.15, 0.2) is 162 Å². The molecule has 0 unspecified atom stereocenters. The Kier molecular flexibility index (Phi) is 6.26. The number of para-hydroxylation sites is 2. The first kappa shape index (κ1) is 28.0. The Hall–Kier alpha value is -6.11. The van der Waals surface area contributed by atoms with E-state index in [2.05, 4.69) is 122 Å². The minimum atomic E-state index is 0.570. The van der Waals surface area contributed by atoms with Crippen molar-refractivity contribution in [3.05, 3.63) is 162 Å². The van der Waals surface area contributed by atoms with Crippen molar-refractivity contribution in [3.63, 3.8) is 0 Å². The van der Waals surface area contributed by atoms with Crippen LogP contribution >= 0.6 is 15.9 Å². The summed E-state index contributed by atoms with van der Waals surface area (Å²) in [7, 11) is 0. The second kappa shape index (κ2) is 11.0. The Morgan fingerprint density at radius 1 is 0.408 bits per heavy atom. The van der Waals surface area contributed by atoms with Crippen LogP contribution in [0.1, 0.15) is 0 Å². The lowest BCUT2D eigenvalue weighted by Crippen LogP contribution is -2.06. The number of nitrogens with zero attached hydrogens (tertiary/aromatic N) is 5. The van der Waals surface area contributed by atoms with Gasteiger partial charge < -0.3 is 4.57 Å². The fraction of sp³-hybridized carbons (Fsp3) is 0. The largest absolute Gasteiger partial charge is 0.308 e. The van der Waals surface area contributed by atoms with Gasteiger partial charge in [-0.2, -0.15) is 9.97 Å². The quantitative estimate of drug-likeness (QED) is 0.184. The van der Waals surface area contributed by atoms with E-state index >= 15 is 0 Å². The predicted octanol–water partition coefficient (Wildman–Crippen LogP) is 11.3. The van der Waals surface area contributed by atoms with Gasteiger partial charge in [-0.3, -0.25) is 4.57 Å². The van der Waals surface area contributed by atoms with Crippen molar-refractivity contribution in [2.45, 2.75) is 0 Å². The smallest absolute Gasteiger partial charge is 0.238 e. The summed E-state index contributed by atoms with van der Waals surface area (Å²) in [6, 6.07) is 55.0. The zero-order valence-corrected chi connectivity index (χ0v) is 27.7. The lowest BCUT2D eigenvalue weighted by atomic mass is 10.0. The summed E-state index contributed by atoms with van der Waals surface area (Å²) in [5.41, 5.74) is 7.25. The van der Waals surface area contributed by atoms with Crippen LogP contribution in [0.3, 0.4) is 0 Å². The highest BCUT2D eigenvalue weighted by Gasteiger charge is 2.22. The maximum atomic E-state index is 5.14. The van der Waals surface area contributed by atoms with Gasteiger partial charge in [0, 0.05) is 37.1 Å². The Morgan fingerprint density at radius 3 is 1.67 bits per heavy atom. The first-order valence-electron chi connectivity index (χ1n) is 16.2. The maximum absolute atomic E-state index is 5.14. The topological polar surface area (TPSA) is 48.5 Å². The third-order valence-corrected chi connectivity index (χ3v) is 10.1. The number of rotatable bonds is 4. The Balaban J connectivity index is 1.31. The summed E-state index contributed by atoms with van der Waals surface area (Å²) in [5.74, 6) is 1.82. The van der Waals surface area contributed by atoms with Crippen LogP contribution < -0.4 is 0 Å². The van der Waals surface area contributed by atoms with Gasteiger partial charge in [0.15, 0.2) is 11.6 Å². The summed E-state index contributed by atoms with van der Waals surface area (Å²) in [5, 5.41) is 7.18. The van der Waals surface area contributed by atoms with Gasteiger partial charge in [0.2, 0.25) is 5.95 Å². The van der Waals surface area contributed by atoms with E-state index in [1.807, 2.05) is 60.7 Å². The second-order valence-electron chi connectivity index (χ2n) is 12.2. The molecule has 7 aromatic carbocycles. The van der Waals surface area contributed by atoms with Gasteiger partial charge in [-0.25, -0.2) is 4.98 Å². The first-order chi connectivity index (χ1) is 24.2. The highest BCUT2D eigenvalue weighted by atomic mass is 79.9. The zero-order chi connectivity index (χ0) is 32.5. The van der Waals surface area contributed by atoms with Gasteiger partial charge >= 0.3 is 0 Å². The lowest BCUT2D eigenvalue weighted by Gasteiger charge is -2.13. The lowest BCUT2D eigenvalue weighted by molar-refractivity contribution is 0.953. The van der Waals surface area contributed by atoms with Crippen LogP contribution in [0.2, 0.25) is 0 Å². The van der Waals surface area contributed by atoms with Crippen LogP contribution in [0, 0.1) is 0 Å². The molecule has 6 heteroatoms. The number of halogens is 1. The van der Waals surface area contributed by atoms with Crippen LogP contribution in [0.25, 0.3) is 88.8 Å². The molecule has 0 aliphatic carbocycles. The van der Waals surface area contributed by atoms with E-state index in [1.54, 1.807) is 0 Å². The van der Waals surface area contributed by atoms with Crippen molar-refractivity contribution in [1.29, 1.82) is 0 Å². The van der Waals surface area contributed by atoms with Gasteiger partial charge in [0.05, 0.1) is 27.8 Å². The highest BCUT2D eigenvalue weighted by Crippen LogP contribution is 2.41. The molecular formula is C43H26BrN5. The highest BCUT2D eigenvalue weighted by molar-refractivity contribution is 9.10. The molecule has 0 saturated carbocycles. The van der Waals surface area contributed by atoms with E-state index < -0.39 is 0 Å². The molecule has 10 aromatic rings. The molecule has 0 amide bonds. The standard InChI is InChI=1S/C43H26BrN5/c44-34-25-33-31-19-9-11-21-35(31)49(43-46-41(28-14-3-1-4-15-28)45-42(47-43)29-16-5-2-6-17-29)38(33)26-39(34)48-36-22-12-10-20-32(36)40-30-18-8-7-13-27(30)23-24-37(40)48/h1-26H. The molecule has 10 rings (SSSR count). The normalized spacial score (nSPS) is 11.8. The minimum absolute atomic E-state index is 0.570. The predicted molar refractivity (Wildman–Crippen MR) is 205 cm³/mol. The summed E-state index contributed by atoms with van der Waals surface area (Å²) in [6.07, 6.45) is 0. The summed E-state index contributed by atoms with van der Waals surface area (Å²) in [4.78, 5) is 15.2. The second-order valence-corrected chi connectivity index (χ2v) is 13.1. The molecule has 49 heavy (non-hydrogen) atoms. The monoisotopic (exact) mass is 691 g/mol.